The molecule has 2 heterocycles. The topological polar surface area (TPSA) is 144 Å². The quantitative estimate of drug-likeness (QED) is 0.653. The molecule has 4 aliphatic rings. The fraction of sp³-hybridized carbons (Fsp3) is 0.222. The SMILES string of the molecule is O=C1C2=C(C(=O)c3ccccc31)C(O)OC(C(=O)C1CC3C(=O)c4ccccc4C(=O)C3=C(O)O1)C2. The number of hydrogen-bond donors (Lipinski definition) is 2. The second kappa shape index (κ2) is 7.91. The summed E-state index contributed by atoms with van der Waals surface area (Å²) in [5.74, 6) is -4.66. The van der Waals surface area contributed by atoms with Crippen LogP contribution in [0.2, 0.25) is 0 Å². The lowest BCUT2D eigenvalue weighted by Crippen LogP contribution is -2.48. The monoisotopic (exact) mass is 486 g/mol. The number of ketones is 5. The Bertz CT molecular complexity index is 1470. The van der Waals surface area contributed by atoms with Crippen molar-refractivity contribution < 1.29 is 43.7 Å². The highest BCUT2D eigenvalue weighted by atomic mass is 16.6. The highest BCUT2D eigenvalue weighted by Crippen LogP contribution is 2.40. The molecule has 4 unspecified atom stereocenters. The first kappa shape index (κ1) is 22.3. The Labute approximate surface area is 203 Å². The van der Waals surface area contributed by atoms with Crippen LogP contribution in [0.1, 0.15) is 54.3 Å². The molecule has 6 rings (SSSR count). The first-order chi connectivity index (χ1) is 17.3. The minimum atomic E-state index is -1.82. The van der Waals surface area contributed by atoms with Crippen LogP contribution in [0.5, 0.6) is 0 Å². The third kappa shape index (κ3) is 3.06. The zero-order valence-electron chi connectivity index (χ0n) is 18.6. The van der Waals surface area contributed by atoms with Gasteiger partial charge in [0.1, 0.15) is 6.10 Å². The molecular weight excluding hydrogens is 468 g/mol. The van der Waals surface area contributed by atoms with E-state index in [2.05, 4.69) is 0 Å². The third-order valence-corrected chi connectivity index (χ3v) is 7.11. The van der Waals surface area contributed by atoms with E-state index < -0.39 is 59.3 Å². The number of benzene rings is 2. The maximum atomic E-state index is 13.4. The van der Waals surface area contributed by atoms with E-state index >= 15 is 0 Å². The molecule has 0 saturated heterocycles. The summed E-state index contributed by atoms with van der Waals surface area (Å²) in [7, 11) is 0. The van der Waals surface area contributed by atoms with Gasteiger partial charge in [-0.2, -0.15) is 0 Å². The van der Waals surface area contributed by atoms with E-state index in [-0.39, 0.29) is 51.8 Å². The zero-order chi connectivity index (χ0) is 25.3. The van der Waals surface area contributed by atoms with Gasteiger partial charge in [-0.15, -0.1) is 0 Å². The number of hydrogen-bond acceptors (Lipinski definition) is 9. The summed E-state index contributed by atoms with van der Waals surface area (Å²) in [6.07, 6.45) is -5.08. The molecule has 0 amide bonds. The fourth-order valence-corrected chi connectivity index (χ4v) is 5.37. The molecule has 9 heteroatoms. The maximum Gasteiger partial charge on any atom is 0.285 e. The molecule has 0 bridgehead atoms. The molecule has 4 atom stereocenters. The standard InChI is InChI=1S/C27H18O9/c28-21-11-5-1-3-7-13(11)23(30)19-15(21)9-17(35-26(19)33)25(32)18-10-16-20(27(34)36-18)24(31)14-8-4-2-6-12(14)22(16)29/h1-8,15,17-18,27,33-34H,9-10H2. The number of ether oxygens (including phenoxy) is 2. The molecular formula is C27H18O9. The van der Waals surface area contributed by atoms with E-state index in [1.807, 2.05) is 0 Å². The van der Waals surface area contributed by atoms with E-state index in [4.69, 9.17) is 9.47 Å². The van der Waals surface area contributed by atoms with Crippen LogP contribution in [0.25, 0.3) is 0 Å². The predicted molar refractivity (Wildman–Crippen MR) is 120 cm³/mol. The Balaban J connectivity index is 1.30. The van der Waals surface area contributed by atoms with Crippen molar-refractivity contribution in [2.45, 2.75) is 31.3 Å². The Kier molecular flexibility index (Phi) is 4.89. The number of carbonyl (C=O) groups excluding carboxylic acids is 5. The Hall–Kier alpha value is -4.21. The third-order valence-electron chi connectivity index (χ3n) is 7.11. The lowest BCUT2D eigenvalue weighted by atomic mass is 9.74. The van der Waals surface area contributed by atoms with Crippen molar-refractivity contribution in [2.75, 3.05) is 0 Å². The molecule has 2 aliphatic heterocycles. The van der Waals surface area contributed by atoms with Crippen LogP contribution in [0, 0.1) is 5.92 Å². The number of fused-ring (bicyclic) bond motifs is 3. The molecule has 2 aromatic rings. The minimum Gasteiger partial charge on any atom is -0.481 e. The maximum absolute atomic E-state index is 13.4. The summed E-state index contributed by atoms with van der Waals surface area (Å²) < 4.78 is 10.8. The van der Waals surface area contributed by atoms with Gasteiger partial charge in [0.25, 0.3) is 5.95 Å². The van der Waals surface area contributed by atoms with Crippen molar-refractivity contribution in [3.05, 3.63) is 93.4 Å². The summed E-state index contributed by atoms with van der Waals surface area (Å²) in [6, 6.07) is 12.4. The first-order valence-corrected chi connectivity index (χ1v) is 11.3. The normalized spacial score (nSPS) is 27.1. The van der Waals surface area contributed by atoms with Crippen molar-refractivity contribution >= 4 is 28.9 Å². The van der Waals surface area contributed by atoms with Crippen LogP contribution in [-0.2, 0) is 14.3 Å². The lowest BCUT2D eigenvalue weighted by molar-refractivity contribution is -0.163. The van der Waals surface area contributed by atoms with Gasteiger partial charge in [-0.25, -0.2) is 0 Å². The highest BCUT2D eigenvalue weighted by molar-refractivity contribution is 6.27. The number of rotatable bonds is 2. The molecule has 0 aromatic heterocycles. The molecule has 0 spiro atoms. The van der Waals surface area contributed by atoms with Crippen molar-refractivity contribution in [1.29, 1.82) is 0 Å². The van der Waals surface area contributed by atoms with Gasteiger partial charge in [0.15, 0.2) is 35.5 Å². The lowest BCUT2D eigenvalue weighted by Gasteiger charge is -2.36. The van der Waals surface area contributed by atoms with Gasteiger partial charge in [-0.3, -0.25) is 24.0 Å². The van der Waals surface area contributed by atoms with Gasteiger partial charge >= 0.3 is 0 Å². The number of carbonyl (C=O) groups is 5. The second-order valence-corrected chi connectivity index (χ2v) is 9.03. The van der Waals surface area contributed by atoms with Gasteiger partial charge in [0.2, 0.25) is 5.78 Å². The largest absolute Gasteiger partial charge is 0.481 e. The molecule has 2 aliphatic carbocycles. The fourth-order valence-electron chi connectivity index (χ4n) is 5.37. The number of Topliss-reactive ketones (excluding diaryl/α,β-unsaturated/α-hetero) is 5. The number of aliphatic hydroxyl groups excluding tert-OH is 2. The van der Waals surface area contributed by atoms with Crippen LogP contribution in [0.4, 0.5) is 0 Å². The second-order valence-electron chi connectivity index (χ2n) is 9.03. The van der Waals surface area contributed by atoms with Crippen LogP contribution in [0.3, 0.4) is 0 Å². The molecule has 2 N–H and O–H groups in total. The van der Waals surface area contributed by atoms with E-state index in [9.17, 15) is 34.2 Å². The molecule has 2 aromatic carbocycles. The smallest absolute Gasteiger partial charge is 0.285 e. The van der Waals surface area contributed by atoms with Crippen LogP contribution < -0.4 is 0 Å². The van der Waals surface area contributed by atoms with Crippen LogP contribution in [0.15, 0.2) is 71.2 Å². The highest BCUT2D eigenvalue weighted by Gasteiger charge is 2.49. The van der Waals surface area contributed by atoms with Crippen LogP contribution in [-0.4, -0.2) is 57.6 Å². The van der Waals surface area contributed by atoms with Crippen molar-refractivity contribution in [3.8, 4) is 0 Å². The van der Waals surface area contributed by atoms with Gasteiger partial charge in [0.05, 0.1) is 17.1 Å². The summed E-state index contributed by atoms with van der Waals surface area (Å²) in [4.78, 5) is 65.3. The molecule has 0 fully saturated rings. The summed E-state index contributed by atoms with van der Waals surface area (Å²) in [5.41, 5.74) is 0.223. The van der Waals surface area contributed by atoms with Crippen molar-refractivity contribution in [1.82, 2.24) is 0 Å². The van der Waals surface area contributed by atoms with E-state index in [0.717, 1.165) is 0 Å². The Morgan fingerprint density at radius 2 is 1.33 bits per heavy atom. The van der Waals surface area contributed by atoms with E-state index in [0.29, 0.717) is 0 Å². The summed E-state index contributed by atoms with van der Waals surface area (Å²) >= 11 is 0. The van der Waals surface area contributed by atoms with Gasteiger partial charge < -0.3 is 19.7 Å². The van der Waals surface area contributed by atoms with Crippen LogP contribution >= 0.6 is 0 Å². The first-order valence-electron chi connectivity index (χ1n) is 11.3. The number of allylic oxidation sites excluding steroid dienone is 1. The molecule has 0 radical (unpaired) electrons. The summed E-state index contributed by atoms with van der Waals surface area (Å²) in [6.45, 7) is 0. The van der Waals surface area contributed by atoms with Gasteiger partial charge in [-0.05, 0) is 0 Å². The van der Waals surface area contributed by atoms with Gasteiger partial charge in [-0.1, -0.05) is 48.5 Å². The molecule has 36 heavy (non-hydrogen) atoms. The average molecular weight is 486 g/mol. The summed E-state index contributed by atoms with van der Waals surface area (Å²) in [5, 5.41) is 21.1. The Morgan fingerprint density at radius 1 is 0.778 bits per heavy atom. The van der Waals surface area contributed by atoms with Crippen molar-refractivity contribution in [2.24, 2.45) is 5.92 Å². The zero-order valence-corrected chi connectivity index (χ0v) is 18.6. The molecule has 0 saturated carbocycles. The van der Waals surface area contributed by atoms with Gasteiger partial charge in [0, 0.05) is 40.7 Å². The number of aliphatic hydroxyl groups is 2. The van der Waals surface area contributed by atoms with E-state index in [1.54, 1.807) is 24.3 Å². The Morgan fingerprint density at radius 3 is 2.00 bits per heavy atom. The van der Waals surface area contributed by atoms with E-state index in [1.165, 1.54) is 24.3 Å². The minimum absolute atomic E-state index is 0.0232. The molecule has 180 valence electrons. The average Bonchev–Trinajstić information content (AvgIpc) is 2.89. The molecule has 9 nitrogen and oxygen atoms in total. The van der Waals surface area contributed by atoms with Crippen molar-refractivity contribution in [3.63, 3.8) is 0 Å². The predicted octanol–water partition coefficient (Wildman–Crippen LogP) is 2.29.